The zero-order valence-electron chi connectivity index (χ0n) is 16.4. The Labute approximate surface area is 165 Å². The second kappa shape index (κ2) is 8.04. The van der Waals surface area contributed by atoms with Crippen LogP contribution in [0.4, 0.5) is 5.82 Å². The Morgan fingerprint density at radius 3 is 2.50 bits per heavy atom. The molecule has 1 aromatic carbocycles. The lowest BCUT2D eigenvalue weighted by molar-refractivity contribution is -0.140. The van der Waals surface area contributed by atoms with Crippen molar-refractivity contribution in [1.29, 1.82) is 0 Å². The van der Waals surface area contributed by atoms with Gasteiger partial charge in [0.05, 0.1) is 7.11 Å². The normalized spacial score (nSPS) is 19.9. The number of hydrogen-bond acceptors (Lipinski definition) is 6. The van der Waals surface area contributed by atoms with E-state index in [0.717, 1.165) is 44.0 Å². The number of ether oxygens (including phenoxy) is 2. The minimum Gasteiger partial charge on any atom is -0.497 e. The van der Waals surface area contributed by atoms with Gasteiger partial charge in [0.25, 0.3) is 0 Å². The maximum Gasteiger partial charge on any atom is 0.226 e. The lowest BCUT2D eigenvalue weighted by Gasteiger charge is -2.43. The summed E-state index contributed by atoms with van der Waals surface area (Å²) in [7, 11) is 1.63. The Hall–Kier alpha value is -2.83. The molecule has 0 bridgehead atoms. The Kier molecular flexibility index (Phi) is 5.32. The molecule has 1 aliphatic heterocycles. The molecule has 2 fully saturated rings. The number of benzene rings is 1. The van der Waals surface area contributed by atoms with Crippen molar-refractivity contribution in [3.8, 4) is 17.4 Å². The van der Waals surface area contributed by atoms with Crippen LogP contribution in [0.3, 0.4) is 0 Å². The molecule has 1 saturated heterocycles. The van der Waals surface area contributed by atoms with Gasteiger partial charge in [-0.3, -0.25) is 4.79 Å². The summed E-state index contributed by atoms with van der Waals surface area (Å²) in [6, 6.07) is 9.39. The molecule has 1 aromatic heterocycles. The number of carbonyl (C=O) groups is 1. The molecule has 2 aliphatic rings. The average molecular weight is 382 g/mol. The third-order valence-corrected chi connectivity index (χ3v) is 5.60. The second-order valence-electron chi connectivity index (χ2n) is 7.45. The quantitative estimate of drug-likeness (QED) is 0.792. The maximum atomic E-state index is 12.6. The van der Waals surface area contributed by atoms with Crippen LogP contribution < -0.4 is 14.4 Å². The van der Waals surface area contributed by atoms with Crippen molar-refractivity contribution in [2.75, 3.05) is 31.6 Å². The van der Waals surface area contributed by atoms with Crippen LogP contribution in [0.2, 0.25) is 0 Å². The SMILES string of the molecule is COc1ccc(Oc2cc(N3CCN(C(=O)C4CCC4)C(C)C3)ncn2)cc1. The fourth-order valence-electron chi connectivity index (χ4n) is 3.71. The van der Waals surface area contributed by atoms with Crippen LogP contribution in [0.1, 0.15) is 26.2 Å². The Morgan fingerprint density at radius 2 is 1.86 bits per heavy atom. The third kappa shape index (κ3) is 3.88. The largest absolute Gasteiger partial charge is 0.497 e. The zero-order chi connectivity index (χ0) is 19.5. The topological polar surface area (TPSA) is 67.8 Å². The molecular formula is C21H26N4O3. The van der Waals surface area contributed by atoms with Crippen LogP contribution in [-0.4, -0.2) is 53.6 Å². The van der Waals surface area contributed by atoms with E-state index in [1.54, 1.807) is 7.11 Å². The molecule has 1 saturated carbocycles. The monoisotopic (exact) mass is 382 g/mol. The molecular weight excluding hydrogens is 356 g/mol. The van der Waals surface area contributed by atoms with Crippen molar-refractivity contribution in [2.24, 2.45) is 5.92 Å². The molecule has 0 radical (unpaired) electrons. The fourth-order valence-corrected chi connectivity index (χ4v) is 3.71. The van der Waals surface area contributed by atoms with Gasteiger partial charge in [0, 0.05) is 37.7 Å². The first kappa shape index (κ1) is 18.5. The minimum atomic E-state index is 0.169. The highest BCUT2D eigenvalue weighted by atomic mass is 16.5. The smallest absolute Gasteiger partial charge is 0.226 e. The van der Waals surface area contributed by atoms with Gasteiger partial charge in [-0.05, 0) is 44.0 Å². The summed E-state index contributed by atoms with van der Waals surface area (Å²) in [6.07, 6.45) is 4.79. The van der Waals surface area contributed by atoms with E-state index in [2.05, 4.69) is 21.8 Å². The lowest BCUT2D eigenvalue weighted by Crippen LogP contribution is -2.56. The summed E-state index contributed by atoms with van der Waals surface area (Å²) in [5, 5.41) is 0. The molecule has 1 atom stereocenters. The number of hydrogen-bond donors (Lipinski definition) is 0. The fraction of sp³-hybridized carbons (Fsp3) is 0.476. The van der Waals surface area contributed by atoms with Crippen LogP contribution in [0, 0.1) is 5.92 Å². The van der Waals surface area contributed by atoms with E-state index in [1.807, 2.05) is 35.2 Å². The summed E-state index contributed by atoms with van der Waals surface area (Å²) in [5.74, 6) is 3.35. The predicted octanol–water partition coefficient (Wildman–Crippen LogP) is 3.11. The molecule has 4 rings (SSSR count). The van der Waals surface area contributed by atoms with Gasteiger partial charge in [-0.1, -0.05) is 6.42 Å². The molecule has 1 aliphatic carbocycles. The van der Waals surface area contributed by atoms with E-state index < -0.39 is 0 Å². The van der Waals surface area contributed by atoms with Crippen molar-refractivity contribution < 1.29 is 14.3 Å². The molecule has 2 heterocycles. The molecule has 0 spiro atoms. The summed E-state index contributed by atoms with van der Waals surface area (Å²) in [5.41, 5.74) is 0. The first-order valence-electron chi connectivity index (χ1n) is 9.83. The van der Waals surface area contributed by atoms with Gasteiger partial charge in [-0.25, -0.2) is 9.97 Å². The Bertz CT molecular complexity index is 823. The molecule has 7 heteroatoms. The van der Waals surface area contributed by atoms with E-state index in [1.165, 1.54) is 12.7 Å². The molecule has 28 heavy (non-hydrogen) atoms. The van der Waals surface area contributed by atoms with E-state index in [0.29, 0.717) is 17.5 Å². The zero-order valence-corrected chi connectivity index (χ0v) is 16.4. The Morgan fingerprint density at radius 1 is 1.11 bits per heavy atom. The molecule has 7 nitrogen and oxygen atoms in total. The van der Waals surface area contributed by atoms with Crippen molar-refractivity contribution in [1.82, 2.24) is 14.9 Å². The number of amides is 1. The first-order valence-corrected chi connectivity index (χ1v) is 9.83. The molecule has 1 amide bonds. The standard InChI is InChI=1S/C21H26N4O3/c1-15-13-24(10-11-25(15)21(26)16-4-3-5-16)19-12-20(23-14-22-19)28-18-8-6-17(27-2)7-9-18/h6-9,12,14-16H,3-5,10-11,13H2,1-2H3. The summed E-state index contributed by atoms with van der Waals surface area (Å²) in [6.45, 7) is 4.37. The van der Waals surface area contributed by atoms with Crippen LogP contribution in [0.5, 0.6) is 17.4 Å². The highest BCUT2D eigenvalue weighted by molar-refractivity contribution is 5.80. The highest BCUT2D eigenvalue weighted by Gasteiger charge is 2.34. The Balaban J connectivity index is 1.40. The van der Waals surface area contributed by atoms with E-state index in [-0.39, 0.29) is 12.0 Å². The highest BCUT2D eigenvalue weighted by Crippen LogP contribution is 2.30. The number of carbonyl (C=O) groups excluding carboxylic acids is 1. The third-order valence-electron chi connectivity index (χ3n) is 5.60. The summed E-state index contributed by atoms with van der Waals surface area (Å²) < 4.78 is 11.0. The van der Waals surface area contributed by atoms with Crippen LogP contribution >= 0.6 is 0 Å². The van der Waals surface area contributed by atoms with Crippen LogP contribution in [-0.2, 0) is 4.79 Å². The van der Waals surface area contributed by atoms with Gasteiger partial charge in [0.15, 0.2) is 0 Å². The predicted molar refractivity (Wildman–Crippen MR) is 106 cm³/mol. The van der Waals surface area contributed by atoms with E-state index >= 15 is 0 Å². The van der Waals surface area contributed by atoms with Gasteiger partial charge in [0.1, 0.15) is 23.6 Å². The number of nitrogens with zero attached hydrogens (tertiary/aromatic N) is 4. The molecule has 2 aromatic rings. The van der Waals surface area contributed by atoms with Crippen molar-refractivity contribution >= 4 is 11.7 Å². The van der Waals surface area contributed by atoms with E-state index in [4.69, 9.17) is 9.47 Å². The average Bonchev–Trinajstić information content (AvgIpc) is 2.67. The van der Waals surface area contributed by atoms with Crippen molar-refractivity contribution in [3.63, 3.8) is 0 Å². The van der Waals surface area contributed by atoms with Crippen LogP contribution in [0.25, 0.3) is 0 Å². The number of methoxy groups -OCH3 is 1. The summed E-state index contributed by atoms with van der Waals surface area (Å²) >= 11 is 0. The second-order valence-corrected chi connectivity index (χ2v) is 7.45. The van der Waals surface area contributed by atoms with Gasteiger partial charge in [-0.2, -0.15) is 0 Å². The maximum absolute atomic E-state index is 12.6. The van der Waals surface area contributed by atoms with Crippen molar-refractivity contribution in [3.05, 3.63) is 36.7 Å². The van der Waals surface area contributed by atoms with Gasteiger partial charge >= 0.3 is 0 Å². The number of piperazine rings is 1. The first-order chi connectivity index (χ1) is 13.6. The molecule has 0 N–H and O–H groups in total. The van der Waals surface area contributed by atoms with Crippen molar-refractivity contribution in [2.45, 2.75) is 32.2 Å². The molecule has 148 valence electrons. The number of anilines is 1. The lowest BCUT2D eigenvalue weighted by atomic mass is 9.84. The van der Waals surface area contributed by atoms with E-state index in [9.17, 15) is 4.79 Å². The van der Waals surface area contributed by atoms with Crippen LogP contribution in [0.15, 0.2) is 36.7 Å². The summed E-state index contributed by atoms with van der Waals surface area (Å²) in [4.78, 5) is 25.5. The van der Waals surface area contributed by atoms with Gasteiger partial charge in [-0.15, -0.1) is 0 Å². The van der Waals surface area contributed by atoms with Gasteiger partial charge < -0.3 is 19.3 Å². The number of rotatable bonds is 5. The number of aromatic nitrogens is 2. The minimum absolute atomic E-state index is 0.169. The van der Waals surface area contributed by atoms with Gasteiger partial charge in [0.2, 0.25) is 11.8 Å². The molecule has 1 unspecified atom stereocenters.